The molecule has 0 heterocycles. The monoisotopic (exact) mass is 296 g/mol. The molecule has 0 aliphatic carbocycles. The maximum atomic E-state index is 11.5. The van der Waals surface area contributed by atoms with Crippen molar-refractivity contribution in [3.05, 3.63) is 29.8 Å². The quantitative estimate of drug-likeness (QED) is 0.382. The van der Waals surface area contributed by atoms with Gasteiger partial charge in [-0.15, -0.1) is 0 Å². The van der Waals surface area contributed by atoms with Gasteiger partial charge in [-0.05, 0) is 24.1 Å². The average Bonchev–Trinajstić information content (AvgIpc) is 2.39. The van der Waals surface area contributed by atoms with Crippen molar-refractivity contribution in [2.75, 3.05) is 0 Å². The molecule has 0 bridgehead atoms. The number of ether oxygens (including phenoxy) is 1. The summed E-state index contributed by atoms with van der Waals surface area (Å²) in [5.41, 5.74) is 11.4. The summed E-state index contributed by atoms with van der Waals surface area (Å²) in [5.74, 6) is -2.97. The predicted octanol–water partition coefficient (Wildman–Crippen LogP) is -0.652. The maximum absolute atomic E-state index is 11.5. The van der Waals surface area contributed by atoms with Gasteiger partial charge in [-0.2, -0.15) is 0 Å². The summed E-state index contributed by atoms with van der Waals surface area (Å²) in [6.07, 6.45) is -0.382. The molecule has 0 aliphatic heterocycles. The first-order valence-electron chi connectivity index (χ1n) is 6.06. The summed E-state index contributed by atoms with van der Waals surface area (Å²) in [4.78, 5) is 32.5. The van der Waals surface area contributed by atoms with Crippen LogP contribution in [0.1, 0.15) is 12.0 Å². The molecule has 0 amide bonds. The zero-order chi connectivity index (χ0) is 16.0. The van der Waals surface area contributed by atoms with E-state index in [-0.39, 0.29) is 12.2 Å². The lowest BCUT2D eigenvalue weighted by Crippen LogP contribution is -2.36. The van der Waals surface area contributed by atoms with E-state index < -0.39 is 36.4 Å². The number of aliphatic carboxylic acids is 2. The van der Waals surface area contributed by atoms with Crippen molar-refractivity contribution < 1.29 is 29.3 Å². The molecule has 0 radical (unpaired) electrons. The average molecular weight is 296 g/mol. The van der Waals surface area contributed by atoms with Gasteiger partial charge in [0.15, 0.2) is 0 Å². The lowest BCUT2D eigenvalue weighted by molar-refractivity contribution is -0.143. The van der Waals surface area contributed by atoms with Crippen LogP contribution in [0.15, 0.2) is 24.3 Å². The van der Waals surface area contributed by atoms with E-state index in [0.29, 0.717) is 5.56 Å². The third-order valence-corrected chi connectivity index (χ3v) is 2.61. The van der Waals surface area contributed by atoms with Gasteiger partial charge < -0.3 is 26.4 Å². The molecule has 0 spiro atoms. The molecule has 0 aliphatic rings. The van der Waals surface area contributed by atoms with Crippen LogP contribution in [-0.2, 0) is 20.8 Å². The minimum absolute atomic E-state index is 0.141. The molecule has 1 aromatic carbocycles. The first-order valence-corrected chi connectivity index (χ1v) is 6.06. The Balaban J connectivity index is 2.60. The van der Waals surface area contributed by atoms with E-state index in [4.69, 9.17) is 26.4 Å². The first kappa shape index (κ1) is 16.6. The number of carboxylic acids is 2. The van der Waals surface area contributed by atoms with Crippen LogP contribution in [0.4, 0.5) is 0 Å². The van der Waals surface area contributed by atoms with E-state index in [1.807, 2.05) is 0 Å². The minimum Gasteiger partial charge on any atom is -0.481 e. The normalized spacial score (nSPS) is 13.2. The second kappa shape index (κ2) is 7.36. The summed E-state index contributed by atoms with van der Waals surface area (Å²) < 4.78 is 4.91. The molecule has 2 atom stereocenters. The van der Waals surface area contributed by atoms with Crippen LogP contribution in [0.3, 0.4) is 0 Å². The Hall–Kier alpha value is -2.45. The van der Waals surface area contributed by atoms with E-state index in [1.54, 1.807) is 12.1 Å². The van der Waals surface area contributed by atoms with Gasteiger partial charge >= 0.3 is 17.9 Å². The molecule has 2 unspecified atom stereocenters. The SMILES string of the molecule is NC(Cc1ccc(OC(=O)C(N)CC(=O)O)cc1)C(=O)O. The Kier molecular flexibility index (Phi) is 5.82. The van der Waals surface area contributed by atoms with Crippen molar-refractivity contribution in [1.82, 2.24) is 0 Å². The Morgan fingerprint density at radius 3 is 2.10 bits per heavy atom. The van der Waals surface area contributed by atoms with Crippen molar-refractivity contribution in [3.8, 4) is 5.75 Å². The number of rotatable bonds is 7. The van der Waals surface area contributed by atoms with Crippen molar-refractivity contribution in [2.24, 2.45) is 11.5 Å². The Morgan fingerprint density at radius 2 is 1.62 bits per heavy atom. The van der Waals surface area contributed by atoms with Gasteiger partial charge in [0.2, 0.25) is 0 Å². The topological polar surface area (TPSA) is 153 Å². The number of hydrogen-bond donors (Lipinski definition) is 4. The van der Waals surface area contributed by atoms with Gasteiger partial charge in [0.05, 0.1) is 6.42 Å². The van der Waals surface area contributed by atoms with Crippen molar-refractivity contribution in [3.63, 3.8) is 0 Å². The number of benzene rings is 1. The summed E-state index contributed by atoms with van der Waals surface area (Å²) in [6, 6.07) is 3.78. The molecule has 114 valence electrons. The van der Waals surface area contributed by atoms with Gasteiger partial charge in [0.1, 0.15) is 17.8 Å². The predicted molar refractivity (Wildman–Crippen MR) is 71.6 cm³/mol. The molecule has 0 saturated heterocycles. The summed E-state index contributed by atoms with van der Waals surface area (Å²) >= 11 is 0. The zero-order valence-electron chi connectivity index (χ0n) is 11.1. The molecule has 1 aromatic rings. The van der Waals surface area contributed by atoms with Gasteiger partial charge in [-0.3, -0.25) is 9.59 Å². The molecule has 1 rings (SSSR count). The molecule has 8 heteroatoms. The van der Waals surface area contributed by atoms with Crippen LogP contribution in [-0.4, -0.2) is 40.2 Å². The maximum Gasteiger partial charge on any atom is 0.328 e. The van der Waals surface area contributed by atoms with Gasteiger partial charge in [-0.25, -0.2) is 4.79 Å². The lowest BCUT2D eigenvalue weighted by atomic mass is 10.1. The molecule has 21 heavy (non-hydrogen) atoms. The lowest BCUT2D eigenvalue weighted by Gasteiger charge is -2.10. The highest BCUT2D eigenvalue weighted by Crippen LogP contribution is 2.14. The van der Waals surface area contributed by atoms with E-state index in [2.05, 4.69) is 0 Å². The van der Waals surface area contributed by atoms with E-state index in [1.165, 1.54) is 12.1 Å². The summed E-state index contributed by atoms with van der Waals surface area (Å²) in [7, 11) is 0. The Morgan fingerprint density at radius 1 is 1.05 bits per heavy atom. The van der Waals surface area contributed by atoms with Crippen LogP contribution in [0.2, 0.25) is 0 Å². The van der Waals surface area contributed by atoms with Gasteiger partial charge in [0.25, 0.3) is 0 Å². The summed E-state index contributed by atoms with van der Waals surface area (Å²) in [6.45, 7) is 0. The fourth-order valence-electron chi connectivity index (χ4n) is 1.50. The molecular weight excluding hydrogens is 280 g/mol. The number of esters is 1. The van der Waals surface area contributed by atoms with Crippen molar-refractivity contribution in [1.29, 1.82) is 0 Å². The van der Waals surface area contributed by atoms with Crippen LogP contribution in [0.25, 0.3) is 0 Å². The van der Waals surface area contributed by atoms with Crippen LogP contribution in [0, 0.1) is 0 Å². The first-order chi connectivity index (χ1) is 9.79. The molecule has 0 fully saturated rings. The molecule has 0 aromatic heterocycles. The smallest absolute Gasteiger partial charge is 0.328 e. The molecule has 8 nitrogen and oxygen atoms in total. The van der Waals surface area contributed by atoms with Gasteiger partial charge in [0, 0.05) is 0 Å². The van der Waals surface area contributed by atoms with E-state index >= 15 is 0 Å². The highest BCUT2D eigenvalue weighted by atomic mass is 16.5. The van der Waals surface area contributed by atoms with E-state index in [0.717, 1.165) is 0 Å². The second-order valence-electron chi connectivity index (χ2n) is 4.42. The number of hydrogen-bond acceptors (Lipinski definition) is 6. The largest absolute Gasteiger partial charge is 0.481 e. The Bertz CT molecular complexity index is 528. The summed E-state index contributed by atoms with van der Waals surface area (Å²) in [5, 5.41) is 17.2. The zero-order valence-corrected chi connectivity index (χ0v) is 11.1. The van der Waals surface area contributed by atoms with Crippen LogP contribution in [0.5, 0.6) is 5.75 Å². The van der Waals surface area contributed by atoms with Crippen molar-refractivity contribution >= 4 is 17.9 Å². The second-order valence-corrected chi connectivity index (χ2v) is 4.42. The van der Waals surface area contributed by atoms with E-state index in [9.17, 15) is 14.4 Å². The number of carboxylic acid groups (broad SMARTS) is 2. The number of carbonyl (C=O) groups excluding carboxylic acids is 1. The highest BCUT2D eigenvalue weighted by molar-refractivity contribution is 5.83. The standard InChI is InChI=1S/C13H16N2O6/c14-9(12(18)19)5-7-1-3-8(4-2-7)21-13(20)10(15)6-11(16)17/h1-4,9-10H,5-6,14-15H2,(H,16,17)(H,18,19). The molecule has 0 saturated carbocycles. The highest BCUT2D eigenvalue weighted by Gasteiger charge is 2.19. The number of carbonyl (C=O) groups is 3. The fourth-order valence-corrected chi connectivity index (χ4v) is 1.50. The molecular formula is C13H16N2O6. The minimum atomic E-state index is -1.25. The Labute approximate surface area is 120 Å². The fraction of sp³-hybridized carbons (Fsp3) is 0.308. The number of nitrogens with two attached hydrogens (primary N) is 2. The van der Waals surface area contributed by atoms with Gasteiger partial charge in [-0.1, -0.05) is 12.1 Å². The molecule has 6 N–H and O–H groups in total. The third-order valence-electron chi connectivity index (χ3n) is 2.61. The van der Waals surface area contributed by atoms with Crippen molar-refractivity contribution in [2.45, 2.75) is 24.9 Å². The third kappa shape index (κ3) is 5.59. The van der Waals surface area contributed by atoms with Crippen LogP contribution < -0.4 is 16.2 Å². The van der Waals surface area contributed by atoms with Crippen LogP contribution >= 0.6 is 0 Å².